The first kappa shape index (κ1) is 13.6. The number of anilines is 2. The molecule has 7 heteroatoms. The molecule has 0 saturated heterocycles. The molecule has 0 aliphatic rings. The molecule has 0 aliphatic heterocycles. The summed E-state index contributed by atoms with van der Waals surface area (Å²) in [6.45, 7) is 2.85. The largest absolute Gasteiger partial charge is 0.490 e. The molecule has 0 unspecified atom stereocenters. The molecule has 0 saturated carbocycles. The molecular formula is C12H17N5OS. The summed E-state index contributed by atoms with van der Waals surface area (Å²) in [5, 5.41) is 5.35. The summed E-state index contributed by atoms with van der Waals surface area (Å²) in [4.78, 5) is 9.47. The maximum atomic E-state index is 5.39. The monoisotopic (exact) mass is 279 g/mol. The summed E-state index contributed by atoms with van der Waals surface area (Å²) in [6, 6.07) is 2.14. The van der Waals surface area contributed by atoms with Crippen LogP contribution in [0.5, 0.6) is 5.75 Å². The third-order valence-corrected chi connectivity index (χ3v) is 3.74. The van der Waals surface area contributed by atoms with Crippen LogP contribution in [0, 0.1) is 0 Å². The Morgan fingerprint density at radius 2 is 2.16 bits per heavy atom. The van der Waals surface area contributed by atoms with E-state index in [1.54, 1.807) is 18.4 Å². The van der Waals surface area contributed by atoms with Gasteiger partial charge in [0.2, 0.25) is 5.75 Å². The van der Waals surface area contributed by atoms with Crippen molar-refractivity contribution in [1.29, 1.82) is 0 Å². The minimum Gasteiger partial charge on any atom is -0.490 e. The zero-order valence-electron chi connectivity index (χ0n) is 10.9. The van der Waals surface area contributed by atoms with Gasteiger partial charge < -0.3 is 15.5 Å². The van der Waals surface area contributed by atoms with E-state index in [1.165, 1.54) is 16.8 Å². The van der Waals surface area contributed by atoms with Gasteiger partial charge in [0, 0.05) is 4.88 Å². The van der Waals surface area contributed by atoms with E-state index in [9.17, 15) is 0 Å². The number of hydrazine groups is 1. The third-order valence-electron chi connectivity index (χ3n) is 2.78. The van der Waals surface area contributed by atoms with Gasteiger partial charge in [0.25, 0.3) is 0 Å². The second kappa shape index (κ2) is 6.35. The van der Waals surface area contributed by atoms with Crippen LogP contribution in [-0.2, 0) is 13.0 Å². The van der Waals surface area contributed by atoms with Crippen LogP contribution < -0.4 is 21.3 Å². The molecule has 0 spiro atoms. The predicted molar refractivity (Wildman–Crippen MR) is 77.4 cm³/mol. The minimum absolute atomic E-state index is 0.460. The number of rotatable bonds is 6. The van der Waals surface area contributed by atoms with Crippen molar-refractivity contribution >= 4 is 23.0 Å². The molecule has 0 fully saturated rings. The van der Waals surface area contributed by atoms with Crippen LogP contribution in [0.2, 0.25) is 0 Å². The number of nitrogens with two attached hydrogens (primary N) is 1. The molecule has 0 amide bonds. The van der Waals surface area contributed by atoms with Gasteiger partial charge in [0.15, 0.2) is 11.6 Å². The lowest BCUT2D eigenvalue weighted by molar-refractivity contribution is 0.414. The van der Waals surface area contributed by atoms with E-state index >= 15 is 0 Å². The van der Waals surface area contributed by atoms with Crippen LogP contribution in [-0.4, -0.2) is 17.1 Å². The molecule has 2 rings (SSSR count). The number of thiophene rings is 1. The molecule has 6 nitrogen and oxygen atoms in total. The van der Waals surface area contributed by atoms with Gasteiger partial charge in [-0.2, -0.15) is 0 Å². The van der Waals surface area contributed by atoms with Crippen molar-refractivity contribution in [3.8, 4) is 5.75 Å². The van der Waals surface area contributed by atoms with Gasteiger partial charge in [-0.25, -0.2) is 15.8 Å². The summed E-state index contributed by atoms with van der Waals surface area (Å²) in [5.74, 6) is 6.98. The number of hydrogen-bond donors (Lipinski definition) is 3. The first-order chi connectivity index (χ1) is 9.30. The van der Waals surface area contributed by atoms with Crippen LogP contribution in [0.15, 0.2) is 17.8 Å². The molecule has 19 heavy (non-hydrogen) atoms. The summed E-state index contributed by atoms with van der Waals surface area (Å²) < 4.78 is 5.27. The fourth-order valence-electron chi connectivity index (χ4n) is 1.80. The maximum absolute atomic E-state index is 5.39. The van der Waals surface area contributed by atoms with Crippen LogP contribution >= 0.6 is 11.3 Å². The second-order valence-electron chi connectivity index (χ2n) is 3.82. The molecule has 0 atom stereocenters. The fourth-order valence-corrected chi connectivity index (χ4v) is 2.71. The van der Waals surface area contributed by atoms with E-state index in [0.29, 0.717) is 23.9 Å². The fraction of sp³-hybridized carbons (Fsp3) is 0.333. The molecule has 0 bridgehead atoms. The Labute approximate surface area is 116 Å². The van der Waals surface area contributed by atoms with E-state index in [-0.39, 0.29) is 0 Å². The molecule has 2 aromatic heterocycles. The summed E-state index contributed by atoms with van der Waals surface area (Å²) in [5.41, 5.74) is 3.84. The standard InChI is InChI=1S/C12H17N5OS/c1-3-8-4-5-19-9(8)6-14-11-10(18-2)12(17-13)16-7-15-11/h4-5,7H,3,6,13H2,1-2H3,(H2,14,15,16,17). The van der Waals surface area contributed by atoms with Gasteiger partial charge in [0.1, 0.15) is 6.33 Å². The van der Waals surface area contributed by atoms with E-state index in [2.05, 4.69) is 39.1 Å². The minimum atomic E-state index is 0.460. The topological polar surface area (TPSA) is 85.1 Å². The van der Waals surface area contributed by atoms with Gasteiger partial charge in [-0.1, -0.05) is 6.92 Å². The average Bonchev–Trinajstić information content (AvgIpc) is 2.91. The van der Waals surface area contributed by atoms with E-state index < -0.39 is 0 Å². The van der Waals surface area contributed by atoms with Gasteiger partial charge >= 0.3 is 0 Å². The van der Waals surface area contributed by atoms with E-state index in [4.69, 9.17) is 10.6 Å². The molecule has 2 heterocycles. The van der Waals surface area contributed by atoms with Crippen LogP contribution in [0.3, 0.4) is 0 Å². The first-order valence-electron chi connectivity index (χ1n) is 5.94. The van der Waals surface area contributed by atoms with Crippen molar-refractivity contribution in [1.82, 2.24) is 9.97 Å². The molecule has 2 aromatic rings. The SMILES string of the molecule is CCc1ccsc1CNc1ncnc(NN)c1OC. The highest BCUT2D eigenvalue weighted by Gasteiger charge is 2.11. The zero-order chi connectivity index (χ0) is 13.7. The number of aromatic nitrogens is 2. The highest BCUT2D eigenvalue weighted by Crippen LogP contribution is 2.29. The molecule has 0 radical (unpaired) electrons. The molecular weight excluding hydrogens is 262 g/mol. The Hall–Kier alpha value is -1.86. The number of aryl methyl sites for hydroxylation is 1. The quantitative estimate of drug-likeness (QED) is 0.554. The van der Waals surface area contributed by atoms with Crippen LogP contribution in [0.25, 0.3) is 0 Å². The number of nitrogens with one attached hydrogen (secondary N) is 2. The van der Waals surface area contributed by atoms with Crippen molar-refractivity contribution in [2.45, 2.75) is 19.9 Å². The lowest BCUT2D eigenvalue weighted by atomic mass is 10.2. The van der Waals surface area contributed by atoms with Gasteiger partial charge in [-0.3, -0.25) is 0 Å². The highest BCUT2D eigenvalue weighted by atomic mass is 32.1. The average molecular weight is 279 g/mol. The van der Waals surface area contributed by atoms with Crippen molar-refractivity contribution < 1.29 is 4.74 Å². The van der Waals surface area contributed by atoms with Crippen LogP contribution in [0.1, 0.15) is 17.4 Å². The van der Waals surface area contributed by atoms with Crippen LogP contribution in [0.4, 0.5) is 11.6 Å². The Bertz CT molecular complexity index is 543. The van der Waals surface area contributed by atoms with Crippen molar-refractivity contribution in [2.75, 3.05) is 17.9 Å². The number of methoxy groups -OCH3 is 1. The van der Waals surface area contributed by atoms with E-state index in [1.807, 2.05) is 0 Å². The Balaban J connectivity index is 2.15. The van der Waals surface area contributed by atoms with Crippen molar-refractivity contribution in [3.05, 3.63) is 28.2 Å². The van der Waals surface area contributed by atoms with Crippen molar-refractivity contribution in [3.63, 3.8) is 0 Å². The number of nitrogens with zero attached hydrogens (tertiary/aromatic N) is 2. The number of ether oxygens (including phenoxy) is 1. The van der Waals surface area contributed by atoms with Gasteiger partial charge in [0.05, 0.1) is 13.7 Å². The predicted octanol–water partition coefficient (Wildman–Crippen LogP) is 2.01. The summed E-state index contributed by atoms with van der Waals surface area (Å²) in [7, 11) is 1.56. The second-order valence-corrected chi connectivity index (χ2v) is 4.83. The lowest BCUT2D eigenvalue weighted by Gasteiger charge is -2.12. The molecule has 0 aliphatic carbocycles. The number of nitrogen functional groups attached to an aromatic ring is 1. The zero-order valence-corrected chi connectivity index (χ0v) is 11.8. The molecule has 102 valence electrons. The third kappa shape index (κ3) is 2.94. The highest BCUT2D eigenvalue weighted by molar-refractivity contribution is 7.10. The summed E-state index contributed by atoms with van der Waals surface area (Å²) >= 11 is 1.73. The first-order valence-corrected chi connectivity index (χ1v) is 6.82. The van der Waals surface area contributed by atoms with E-state index in [0.717, 1.165) is 6.42 Å². The van der Waals surface area contributed by atoms with Crippen molar-refractivity contribution in [2.24, 2.45) is 5.84 Å². The number of hydrogen-bond acceptors (Lipinski definition) is 7. The normalized spacial score (nSPS) is 10.3. The molecule has 0 aromatic carbocycles. The molecule has 4 N–H and O–H groups in total. The van der Waals surface area contributed by atoms with Gasteiger partial charge in [-0.15, -0.1) is 11.3 Å². The summed E-state index contributed by atoms with van der Waals surface area (Å²) in [6.07, 6.45) is 2.46. The smallest absolute Gasteiger partial charge is 0.205 e. The maximum Gasteiger partial charge on any atom is 0.205 e. The Kier molecular flexibility index (Phi) is 4.53. The van der Waals surface area contributed by atoms with Gasteiger partial charge in [-0.05, 0) is 23.4 Å². The lowest BCUT2D eigenvalue weighted by Crippen LogP contribution is -2.12. The Morgan fingerprint density at radius 1 is 1.37 bits per heavy atom. The Morgan fingerprint density at radius 3 is 2.84 bits per heavy atom.